The molecule has 4 rings (SSSR count). The summed E-state index contributed by atoms with van der Waals surface area (Å²) in [6.07, 6.45) is 12.9. The van der Waals surface area contributed by atoms with Crippen LogP contribution in [0, 0.1) is 0 Å². The van der Waals surface area contributed by atoms with Crippen LogP contribution in [-0.2, 0) is 0 Å². The Balaban J connectivity index is 1.43. The second kappa shape index (κ2) is 9.55. The summed E-state index contributed by atoms with van der Waals surface area (Å²) < 4.78 is 0. The molecule has 0 radical (unpaired) electrons. The Kier molecular flexibility index (Phi) is 6.80. The maximum atomic E-state index is 5.84. The van der Waals surface area contributed by atoms with Crippen LogP contribution < -0.4 is 5.84 Å². The Labute approximate surface area is 186 Å². The van der Waals surface area contributed by atoms with Crippen LogP contribution in [0.4, 0.5) is 0 Å². The van der Waals surface area contributed by atoms with Gasteiger partial charge in [-0.2, -0.15) is 0 Å². The third kappa shape index (κ3) is 4.86. The summed E-state index contributed by atoms with van der Waals surface area (Å²) in [5, 5.41) is 2.72. The van der Waals surface area contributed by atoms with E-state index in [2.05, 4.69) is 47.5 Å². The number of nitrogens with zero attached hydrogens (tertiary/aromatic N) is 4. The zero-order valence-corrected chi connectivity index (χ0v) is 19.3. The van der Waals surface area contributed by atoms with Gasteiger partial charge in [0.15, 0.2) is 0 Å². The molecule has 1 aliphatic heterocycles. The molecule has 1 saturated heterocycles. The number of hydrogen-bond donors (Lipinski definition) is 2. The SMILES string of the molecule is C=C/C(=C\N(C)N)c1c[nH]c2ncc(C3CCC(N4CCN(C(C)C)CC4)CC3)cc12. The van der Waals surface area contributed by atoms with E-state index in [-0.39, 0.29) is 0 Å². The van der Waals surface area contributed by atoms with Crippen molar-refractivity contribution in [2.45, 2.75) is 57.5 Å². The van der Waals surface area contributed by atoms with Crippen LogP contribution in [0.15, 0.2) is 37.3 Å². The number of nitrogens with one attached hydrogen (secondary N) is 1. The molecule has 2 aromatic heterocycles. The number of aromatic amines is 1. The number of fused-ring (bicyclic) bond motifs is 1. The molecule has 2 fully saturated rings. The number of hydrogen-bond acceptors (Lipinski definition) is 5. The highest BCUT2D eigenvalue weighted by atomic mass is 15.4. The topological polar surface area (TPSA) is 64.4 Å². The van der Waals surface area contributed by atoms with E-state index in [1.165, 1.54) is 57.4 Å². The predicted molar refractivity (Wildman–Crippen MR) is 129 cm³/mol. The molecule has 168 valence electrons. The Morgan fingerprint density at radius 1 is 1.23 bits per heavy atom. The van der Waals surface area contributed by atoms with Crippen LogP contribution in [0.25, 0.3) is 16.6 Å². The number of allylic oxidation sites excluding steroid dienone is 2. The fourth-order valence-electron chi connectivity index (χ4n) is 5.33. The third-order valence-electron chi connectivity index (χ3n) is 7.19. The highest BCUT2D eigenvalue weighted by molar-refractivity contribution is 5.93. The fraction of sp³-hybridized carbons (Fsp3) is 0.560. The standard InChI is InChI=1S/C25H38N6/c1-5-19(17-29(4)26)24-16-28-25-23(24)14-21(15-27-25)20-6-8-22(9-7-20)31-12-10-30(11-13-31)18(2)3/h5,14-18,20,22H,1,6-13,26H2,2-4H3,(H,27,28)/b19-17+. The zero-order chi connectivity index (χ0) is 22.0. The summed E-state index contributed by atoms with van der Waals surface area (Å²) in [5.41, 5.74) is 4.39. The quantitative estimate of drug-likeness (QED) is 0.419. The number of pyridine rings is 1. The van der Waals surface area contributed by atoms with Gasteiger partial charge in [0.05, 0.1) is 0 Å². The summed E-state index contributed by atoms with van der Waals surface area (Å²) in [6.45, 7) is 13.5. The molecule has 1 saturated carbocycles. The van der Waals surface area contributed by atoms with Gasteiger partial charge in [-0.05, 0) is 57.1 Å². The van der Waals surface area contributed by atoms with E-state index < -0.39 is 0 Å². The molecular weight excluding hydrogens is 384 g/mol. The van der Waals surface area contributed by atoms with Gasteiger partial charge in [-0.15, -0.1) is 0 Å². The van der Waals surface area contributed by atoms with Crippen molar-refractivity contribution in [1.82, 2.24) is 24.8 Å². The number of piperazine rings is 1. The minimum atomic E-state index is 0.598. The molecule has 6 nitrogen and oxygen atoms in total. The van der Waals surface area contributed by atoms with Crippen LogP contribution in [0.2, 0.25) is 0 Å². The van der Waals surface area contributed by atoms with E-state index >= 15 is 0 Å². The first-order valence-corrected chi connectivity index (χ1v) is 11.7. The normalized spacial score (nSPS) is 24.1. The van der Waals surface area contributed by atoms with Gasteiger partial charge in [0.1, 0.15) is 5.65 Å². The number of rotatable bonds is 6. The van der Waals surface area contributed by atoms with Gasteiger partial charge < -0.3 is 9.99 Å². The van der Waals surface area contributed by atoms with Crippen LogP contribution >= 0.6 is 0 Å². The molecule has 1 aliphatic carbocycles. The molecule has 31 heavy (non-hydrogen) atoms. The number of nitrogens with two attached hydrogens (primary N) is 1. The summed E-state index contributed by atoms with van der Waals surface area (Å²) >= 11 is 0. The summed E-state index contributed by atoms with van der Waals surface area (Å²) in [6, 6.07) is 3.75. The third-order valence-corrected chi connectivity index (χ3v) is 7.19. The second-order valence-electron chi connectivity index (χ2n) is 9.49. The van der Waals surface area contributed by atoms with Gasteiger partial charge in [0, 0.05) is 80.4 Å². The first-order chi connectivity index (χ1) is 15.0. The average Bonchev–Trinajstić information content (AvgIpc) is 3.20. The van der Waals surface area contributed by atoms with E-state index in [1.807, 2.05) is 25.5 Å². The van der Waals surface area contributed by atoms with E-state index in [0.717, 1.165) is 28.2 Å². The number of aromatic nitrogens is 2. The number of hydrazine groups is 1. The van der Waals surface area contributed by atoms with Gasteiger partial charge in [0.2, 0.25) is 0 Å². The Hall–Kier alpha value is -2.15. The highest BCUT2D eigenvalue weighted by Gasteiger charge is 2.29. The molecule has 2 aliphatic rings. The van der Waals surface area contributed by atoms with Crippen molar-refractivity contribution in [3.05, 3.63) is 48.4 Å². The molecule has 0 unspecified atom stereocenters. The maximum Gasteiger partial charge on any atom is 0.137 e. The molecule has 3 heterocycles. The predicted octanol–water partition coefficient (Wildman–Crippen LogP) is 3.95. The summed E-state index contributed by atoms with van der Waals surface area (Å²) in [5.74, 6) is 6.44. The van der Waals surface area contributed by atoms with E-state index in [9.17, 15) is 0 Å². The molecular formula is C25H38N6. The lowest BCUT2D eigenvalue weighted by atomic mass is 9.81. The average molecular weight is 423 g/mol. The first-order valence-electron chi connectivity index (χ1n) is 11.7. The van der Waals surface area contributed by atoms with Crippen molar-refractivity contribution in [2.24, 2.45) is 5.84 Å². The highest BCUT2D eigenvalue weighted by Crippen LogP contribution is 2.36. The lowest BCUT2D eigenvalue weighted by Crippen LogP contribution is -2.52. The van der Waals surface area contributed by atoms with Crippen molar-refractivity contribution < 1.29 is 0 Å². The van der Waals surface area contributed by atoms with Crippen LogP contribution in [0.5, 0.6) is 0 Å². The van der Waals surface area contributed by atoms with E-state index in [4.69, 9.17) is 10.8 Å². The second-order valence-corrected chi connectivity index (χ2v) is 9.49. The van der Waals surface area contributed by atoms with Gasteiger partial charge in [0.25, 0.3) is 0 Å². The van der Waals surface area contributed by atoms with Gasteiger partial charge in [-0.3, -0.25) is 9.80 Å². The largest absolute Gasteiger partial charge is 0.346 e. The van der Waals surface area contributed by atoms with Crippen molar-refractivity contribution in [2.75, 3.05) is 33.2 Å². The molecule has 0 atom stereocenters. The molecule has 6 heteroatoms. The van der Waals surface area contributed by atoms with Crippen molar-refractivity contribution in [3.8, 4) is 0 Å². The smallest absolute Gasteiger partial charge is 0.137 e. The summed E-state index contributed by atoms with van der Waals surface area (Å²) in [4.78, 5) is 13.4. The maximum absolute atomic E-state index is 5.84. The van der Waals surface area contributed by atoms with Crippen LogP contribution in [-0.4, -0.2) is 70.1 Å². The zero-order valence-electron chi connectivity index (χ0n) is 19.3. The van der Waals surface area contributed by atoms with Crippen LogP contribution in [0.1, 0.15) is 56.6 Å². The van der Waals surface area contributed by atoms with Crippen molar-refractivity contribution >= 4 is 16.6 Å². The van der Waals surface area contributed by atoms with Crippen molar-refractivity contribution in [1.29, 1.82) is 0 Å². The lowest BCUT2D eigenvalue weighted by molar-refractivity contribution is 0.0620. The van der Waals surface area contributed by atoms with E-state index in [0.29, 0.717) is 12.0 Å². The molecule has 3 N–H and O–H groups in total. The Bertz CT molecular complexity index is 911. The molecule has 0 bridgehead atoms. The monoisotopic (exact) mass is 422 g/mol. The Morgan fingerprint density at radius 3 is 2.55 bits per heavy atom. The van der Waals surface area contributed by atoms with Gasteiger partial charge in [-0.1, -0.05) is 12.7 Å². The molecule has 2 aromatic rings. The summed E-state index contributed by atoms with van der Waals surface area (Å²) in [7, 11) is 1.82. The van der Waals surface area contributed by atoms with Crippen molar-refractivity contribution in [3.63, 3.8) is 0 Å². The van der Waals surface area contributed by atoms with Gasteiger partial charge in [-0.25, -0.2) is 10.8 Å². The molecule has 0 aromatic carbocycles. The fourth-order valence-corrected chi connectivity index (χ4v) is 5.33. The lowest BCUT2D eigenvalue weighted by Gasteiger charge is -2.43. The Morgan fingerprint density at radius 2 is 1.94 bits per heavy atom. The number of H-pyrrole nitrogens is 1. The van der Waals surface area contributed by atoms with E-state index in [1.54, 1.807) is 5.01 Å². The minimum absolute atomic E-state index is 0.598. The van der Waals surface area contributed by atoms with Gasteiger partial charge >= 0.3 is 0 Å². The molecule has 0 spiro atoms. The first kappa shape index (κ1) is 22.1. The molecule has 0 amide bonds. The van der Waals surface area contributed by atoms with Crippen LogP contribution in [0.3, 0.4) is 0 Å². The minimum Gasteiger partial charge on any atom is -0.346 e.